The van der Waals surface area contributed by atoms with Crippen LogP contribution in [0.2, 0.25) is 0 Å². The van der Waals surface area contributed by atoms with Gasteiger partial charge in [0, 0.05) is 18.0 Å². The average molecular weight is 313 g/mol. The molecule has 0 spiro atoms. The summed E-state index contributed by atoms with van der Waals surface area (Å²) < 4.78 is 1.91. The first-order valence-corrected chi connectivity index (χ1v) is 8.28. The van der Waals surface area contributed by atoms with Gasteiger partial charge >= 0.3 is 5.97 Å². The van der Waals surface area contributed by atoms with Crippen LogP contribution in [0.25, 0.3) is 0 Å². The lowest BCUT2D eigenvalue weighted by molar-refractivity contribution is -0.133. The van der Waals surface area contributed by atoms with Crippen LogP contribution in [0.4, 0.5) is 0 Å². The number of carboxylic acids is 1. The maximum Gasteiger partial charge on any atom is 0.313 e. The Hall–Kier alpha value is -1.50. The summed E-state index contributed by atoms with van der Waals surface area (Å²) in [6.45, 7) is 6.60. The Bertz CT molecular complexity index is 484. The summed E-state index contributed by atoms with van der Waals surface area (Å²) in [5, 5.41) is 15.7. The standard InChI is InChI=1S/C14H23N3O3S/c1-4-11(5-2)17-10(3)8-12(16-17)14(20)15-6-7-21-9-13(18)19/h8,11H,4-7,9H2,1-3H3,(H,15,20)(H,18,19). The molecule has 6 nitrogen and oxygen atoms in total. The van der Waals surface area contributed by atoms with E-state index in [9.17, 15) is 9.59 Å². The molecule has 1 aromatic heterocycles. The quantitative estimate of drug-likeness (QED) is 0.682. The summed E-state index contributed by atoms with van der Waals surface area (Å²) >= 11 is 1.28. The Kier molecular flexibility index (Phi) is 7.28. The van der Waals surface area contributed by atoms with Gasteiger partial charge in [0.2, 0.25) is 0 Å². The first-order valence-electron chi connectivity index (χ1n) is 7.13. The van der Waals surface area contributed by atoms with Crippen molar-refractivity contribution >= 4 is 23.6 Å². The number of hydrogen-bond acceptors (Lipinski definition) is 4. The molecule has 1 amide bonds. The summed E-state index contributed by atoms with van der Waals surface area (Å²) in [7, 11) is 0. The molecule has 0 atom stereocenters. The molecule has 0 bridgehead atoms. The normalized spacial score (nSPS) is 10.9. The van der Waals surface area contributed by atoms with E-state index in [1.165, 1.54) is 11.8 Å². The SMILES string of the molecule is CCC(CC)n1nc(C(=O)NCCSCC(=O)O)cc1C. The van der Waals surface area contributed by atoms with Crippen LogP contribution in [0.1, 0.15) is 48.9 Å². The molecular formula is C14H23N3O3S. The minimum Gasteiger partial charge on any atom is -0.481 e. The summed E-state index contributed by atoms with van der Waals surface area (Å²) in [5.74, 6) is -0.424. The molecular weight excluding hydrogens is 290 g/mol. The minimum atomic E-state index is -0.842. The van der Waals surface area contributed by atoms with Crippen molar-refractivity contribution in [3.05, 3.63) is 17.5 Å². The number of amides is 1. The molecule has 0 fully saturated rings. The molecule has 21 heavy (non-hydrogen) atoms. The fourth-order valence-corrected chi connectivity index (χ4v) is 2.66. The lowest BCUT2D eigenvalue weighted by Crippen LogP contribution is -2.26. The number of hydrogen-bond donors (Lipinski definition) is 2. The highest BCUT2D eigenvalue weighted by molar-refractivity contribution is 7.99. The molecule has 1 rings (SSSR count). The lowest BCUT2D eigenvalue weighted by Gasteiger charge is -2.14. The third-order valence-electron chi connectivity index (χ3n) is 3.20. The predicted molar refractivity (Wildman–Crippen MR) is 83.9 cm³/mol. The number of carbonyl (C=O) groups is 2. The first-order chi connectivity index (χ1) is 9.99. The molecule has 0 saturated carbocycles. The molecule has 0 radical (unpaired) electrons. The highest BCUT2D eigenvalue weighted by atomic mass is 32.2. The smallest absolute Gasteiger partial charge is 0.313 e. The van der Waals surface area contributed by atoms with E-state index in [0.717, 1.165) is 18.5 Å². The molecule has 118 valence electrons. The van der Waals surface area contributed by atoms with E-state index < -0.39 is 5.97 Å². The molecule has 0 unspecified atom stereocenters. The van der Waals surface area contributed by atoms with Crippen LogP contribution in [0.5, 0.6) is 0 Å². The molecule has 1 aromatic rings. The Balaban J connectivity index is 2.51. The van der Waals surface area contributed by atoms with Crippen molar-refractivity contribution < 1.29 is 14.7 Å². The van der Waals surface area contributed by atoms with E-state index in [2.05, 4.69) is 24.3 Å². The minimum absolute atomic E-state index is 0.0539. The van der Waals surface area contributed by atoms with Gasteiger partial charge in [0.05, 0.1) is 11.8 Å². The summed E-state index contributed by atoms with van der Waals surface area (Å²) in [5.41, 5.74) is 1.40. The van der Waals surface area contributed by atoms with Crippen LogP contribution in [0.3, 0.4) is 0 Å². The van der Waals surface area contributed by atoms with Gasteiger partial charge in [-0.2, -0.15) is 5.10 Å². The van der Waals surface area contributed by atoms with Crippen molar-refractivity contribution in [3.8, 4) is 0 Å². The van der Waals surface area contributed by atoms with Gasteiger partial charge < -0.3 is 10.4 Å². The molecule has 2 N–H and O–H groups in total. The van der Waals surface area contributed by atoms with Crippen LogP contribution in [-0.4, -0.2) is 44.8 Å². The van der Waals surface area contributed by atoms with Gasteiger partial charge in [-0.15, -0.1) is 11.8 Å². The second-order valence-corrected chi connectivity index (χ2v) is 5.89. The fraction of sp³-hybridized carbons (Fsp3) is 0.643. The Labute approximate surface area is 129 Å². The van der Waals surface area contributed by atoms with Crippen LogP contribution in [0.15, 0.2) is 6.07 Å². The lowest BCUT2D eigenvalue weighted by atomic mass is 10.2. The van der Waals surface area contributed by atoms with Gasteiger partial charge in [0.25, 0.3) is 5.91 Å². The topological polar surface area (TPSA) is 84.2 Å². The number of aryl methyl sites for hydroxylation is 1. The van der Waals surface area contributed by atoms with Crippen LogP contribution in [0, 0.1) is 6.92 Å². The van der Waals surface area contributed by atoms with Gasteiger partial charge in [0.15, 0.2) is 0 Å². The summed E-state index contributed by atoms with van der Waals surface area (Å²) in [6.07, 6.45) is 1.96. The third-order valence-corrected chi connectivity index (χ3v) is 4.14. The molecule has 7 heteroatoms. The number of nitrogens with one attached hydrogen (secondary N) is 1. The van der Waals surface area contributed by atoms with Crippen molar-refractivity contribution in [1.82, 2.24) is 15.1 Å². The Morgan fingerprint density at radius 1 is 1.43 bits per heavy atom. The van der Waals surface area contributed by atoms with Crippen molar-refractivity contribution in [2.75, 3.05) is 18.1 Å². The summed E-state index contributed by atoms with van der Waals surface area (Å²) in [4.78, 5) is 22.4. The highest BCUT2D eigenvalue weighted by Gasteiger charge is 2.15. The number of nitrogens with zero attached hydrogens (tertiary/aromatic N) is 2. The first kappa shape index (κ1) is 17.6. The van der Waals surface area contributed by atoms with Crippen molar-refractivity contribution in [2.24, 2.45) is 0 Å². The van der Waals surface area contributed by atoms with E-state index in [4.69, 9.17) is 5.11 Å². The van der Waals surface area contributed by atoms with Crippen molar-refractivity contribution in [3.63, 3.8) is 0 Å². The number of carbonyl (C=O) groups excluding carboxylic acids is 1. The number of rotatable bonds is 9. The molecule has 0 aliphatic carbocycles. The maximum atomic E-state index is 12.0. The molecule has 1 heterocycles. The third kappa shape index (κ3) is 5.41. The zero-order valence-corrected chi connectivity index (χ0v) is 13.6. The van der Waals surface area contributed by atoms with Gasteiger partial charge in [0.1, 0.15) is 5.69 Å². The second kappa shape index (κ2) is 8.71. The monoisotopic (exact) mass is 313 g/mol. The summed E-state index contributed by atoms with van der Waals surface area (Å²) in [6, 6.07) is 2.11. The van der Waals surface area contributed by atoms with Crippen molar-refractivity contribution in [1.29, 1.82) is 0 Å². The molecule has 0 aromatic carbocycles. The van der Waals surface area contributed by atoms with Gasteiger partial charge in [-0.25, -0.2) is 0 Å². The van der Waals surface area contributed by atoms with Crippen LogP contribution >= 0.6 is 11.8 Å². The number of carboxylic acid groups (broad SMARTS) is 1. The van der Waals surface area contributed by atoms with Gasteiger partial charge in [-0.3, -0.25) is 14.3 Å². The van der Waals surface area contributed by atoms with Crippen LogP contribution < -0.4 is 5.32 Å². The zero-order chi connectivity index (χ0) is 15.8. The van der Waals surface area contributed by atoms with Gasteiger partial charge in [-0.1, -0.05) is 13.8 Å². The zero-order valence-electron chi connectivity index (χ0n) is 12.8. The fourth-order valence-electron chi connectivity index (χ4n) is 2.09. The van der Waals surface area contributed by atoms with Gasteiger partial charge in [-0.05, 0) is 25.8 Å². The highest BCUT2D eigenvalue weighted by Crippen LogP contribution is 2.17. The average Bonchev–Trinajstić information content (AvgIpc) is 2.82. The molecule has 0 saturated heterocycles. The Morgan fingerprint density at radius 2 is 2.10 bits per heavy atom. The molecule has 0 aliphatic rings. The van der Waals surface area contributed by atoms with E-state index >= 15 is 0 Å². The Morgan fingerprint density at radius 3 is 2.67 bits per heavy atom. The maximum absolute atomic E-state index is 12.0. The van der Waals surface area contributed by atoms with Crippen LogP contribution in [-0.2, 0) is 4.79 Å². The number of aliphatic carboxylic acids is 1. The van der Waals surface area contributed by atoms with E-state index in [1.807, 2.05) is 11.6 Å². The largest absolute Gasteiger partial charge is 0.481 e. The van der Waals surface area contributed by atoms with Crippen molar-refractivity contribution in [2.45, 2.75) is 39.7 Å². The van der Waals surface area contributed by atoms with E-state index in [-0.39, 0.29) is 11.7 Å². The van der Waals surface area contributed by atoms with E-state index in [0.29, 0.717) is 24.0 Å². The number of thioether (sulfide) groups is 1. The molecule has 0 aliphatic heterocycles. The van der Waals surface area contributed by atoms with E-state index in [1.54, 1.807) is 6.07 Å². The second-order valence-electron chi connectivity index (χ2n) is 4.79. The predicted octanol–water partition coefficient (Wildman–Crippen LogP) is 2.10. The number of aromatic nitrogens is 2.